The van der Waals surface area contributed by atoms with Gasteiger partial charge in [0, 0.05) is 25.8 Å². The summed E-state index contributed by atoms with van der Waals surface area (Å²) >= 11 is 6.90. The van der Waals surface area contributed by atoms with Gasteiger partial charge in [0.25, 0.3) is 0 Å². The highest BCUT2D eigenvalue weighted by molar-refractivity contribution is 9.11. The molecule has 19 heavy (non-hydrogen) atoms. The monoisotopic (exact) mass is 381 g/mol. The number of nitrogens with two attached hydrogens (primary N) is 1. The molecule has 0 atom stereocenters. The molecular weight excluding hydrogens is 370 g/mol. The third kappa shape index (κ3) is 2.74. The minimum atomic E-state index is -0.0665. The quantitative estimate of drug-likeness (QED) is 0.607. The smallest absolute Gasteiger partial charge is 0.196 e. The fourth-order valence-electron chi connectivity index (χ4n) is 1.96. The van der Waals surface area contributed by atoms with Crippen molar-refractivity contribution in [1.29, 1.82) is 0 Å². The minimum absolute atomic E-state index is 0.0665. The van der Waals surface area contributed by atoms with E-state index in [-0.39, 0.29) is 5.78 Å². The second-order valence-corrected chi connectivity index (χ2v) is 6.16. The number of ketones is 1. The van der Waals surface area contributed by atoms with E-state index in [4.69, 9.17) is 5.73 Å². The zero-order valence-electron chi connectivity index (χ0n) is 10.6. The summed E-state index contributed by atoms with van der Waals surface area (Å²) in [4.78, 5) is 12.6. The summed E-state index contributed by atoms with van der Waals surface area (Å²) in [5, 5.41) is 0. The Morgan fingerprint density at radius 3 is 2.37 bits per heavy atom. The molecule has 2 rings (SSSR count). The Hall–Kier alpha value is -1.13. The van der Waals surface area contributed by atoms with Crippen LogP contribution in [-0.2, 0) is 0 Å². The Labute approximate surface area is 129 Å². The van der Waals surface area contributed by atoms with Crippen LogP contribution in [0.25, 0.3) is 0 Å². The van der Waals surface area contributed by atoms with Crippen molar-refractivity contribution in [2.45, 2.75) is 13.8 Å². The Balaban J connectivity index is 2.60. The molecule has 0 unspecified atom stereocenters. The SMILES string of the molecule is Cc1cc(Br)c(C(=O)c2c(C)cccc2N)cc1Br. The molecule has 0 spiro atoms. The van der Waals surface area contributed by atoms with Gasteiger partial charge < -0.3 is 5.73 Å². The van der Waals surface area contributed by atoms with Crippen molar-refractivity contribution in [3.63, 3.8) is 0 Å². The van der Waals surface area contributed by atoms with E-state index < -0.39 is 0 Å². The van der Waals surface area contributed by atoms with Gasteiger partial charge in [-0.25, -0.2) is 0 Å². The van der Waals surface area contributed by atoms with Crippen molar-refractivity contribution in [3.8, 4) is 0 Å². The van der Waals surface area contributed by atoms with Crippen LogP contribution >= 0.6 is 31.9 Å². The third-order valence-corrected chi connectivity index (χ3v) is 4.54. The topological polar surface area (TPSA) is 43.1 Å². The first-order valence-corrected chi connectivity index (χ1v) is 7.36. The summed E-state index contributed by atoms with van der Waals surface area (Å²) in [6.07, 6.45) is 0. The highest BCUT2D eigenvalue weighted by Crippen LogP contribution is 2.29. The first kappa shape index (κ1) is 14.3. The maximum atomic E-state index is 12.6. The fourth-order valence-corrected chi connectivity index (χ4v) is 2.94. The predicted molar refractivity (Wildman–Crippen MR) is 85.6 cm³/mol. The van der Waals surface area contributed by atoms with Gasteiger partial charge in [-0.15, -0.1) is 0 Å². The normalized spacial score (nSPS) is 10.5. The standard InChI is InChI=1S/C15H13Br2NO/c1-8-4-3-5-13(18)14(8)15(19)10-7-11(16)9(2)6-12(10)17/h3-7H,18H2,1-2H3. The van der Waals surface area contributed by atoms with Crippen LogP contribution in [0.1, 0.15) is 27.0 Å². The van der Waals surface area contributed by atoms with Crippen molar-refractivity contribution in [1.82, 2.24) is 0 Å². The van der Waals surface area contributed by atoms with E-state index in [1.165, 1.54) is 0 Å². The molecule has 0 aromatic heterocycles. The number of hydrogen-bond donors (Lipinski definition) is 1. The average Bonchev–Trinajstić information content (AvgIpc) is 2.33. The van der Waals surface area contributed by atoms with Crippen LogP contribution in [-0.4, -0.2) is 5.78 Å². The van der Waals surface area contributed by atoms with Crippen molar-refractivity contribution < 1.29 is 4.79 Å². The molecule has 0 fully saturated rings. The molecule has 0 saturated carbocycles. The molecule has 0 aliphatic heterocycles. The number of aryl methyl sites for hydroxylation is 2. The summed E-state index contributed by atoms with van der Waals surface area (Å²) in [6, 6.07) is 9.24. The molecule has 0 aliphatic carbocycles. The van der Waals surface area contributed by atoms with Crippen LogP contribution in [0, 0.1) is 13.8 Å². The second kappa shape index (κ2) is 5.47. The number of nitrogen functional groups attached to an aromatic ring is 1. The van der Waals surface area contributed by atoms with E-state index in [9.17, 15) is 4.79 Å². The lowest BCUT2D eigenvalue weighted by Gasteiger charge is -2.11. The summed E-state index contributed by atoms with van der Waals surface area (Å²) in [5.41, 5.74) is 9.57. The molecule has 4 heteroatoms. The van der Waals surface area contributed by atoms with Crippen molar-refractivity contribution in [2.75, 3.05) is 5.73 Å². The highest BCUT2D eigenvalue weighted by Gasteiger charge is 2.18. The lowest BCUT2D eigenvalue weighted by atomic mass is 9.97. The summed E-state index contributed by atoms with van der Waals surface area (Å²) in [7, 11) is 0. The molecule has 0 saturated heterocycles. The number of benzene rings is 2. The number of carbonyl (C=O) groups is 1. The van der Waals surface area contributed by atoms with E-state index >= 15 is 0 Å². The number of halogens is 2. The van der Waals surface area contributed by atoms with Gasteiger partial charge in [0.15, 0.2) is 5.78 Å². The third-order valence-electron chi connectivity index (χ3n) is 3.03. The van der Waals surface area contributed by atoms with Crippen LogP contribution in [0.15, 0.2) is 39.3 Å². The van der Waals surface area contributed by atoms with Gasteiger partial charge in [-0.05, 0) is 43.2 Å². The van der Waals surface area contributed by atoms with E-state index in [1.54, 1.807) is 6.07 Å². The maximum absolute atomic E-state index is 12.6. The average molecular weight is 383 g/mol. The van der Waals surface area contributed by atoms with Crippen LogP contribution in [0.2, 0.25) is 0 Å². The Morgan fingerprint density at radius 1 is 1.05 bits per heavy atom. The molecule has 98 valence electrons. The molecule has 0 radical (unpaired) electrons. The number of anilines is 1. The van der Waals surface area contributed by atoms with E-state index in [1.807, 2.05) is 38.1 Å². The van der Waals surface area contributed by atoms with Crippen molar-refractivity contribution in [2.24, 2.45) is 0 Å². The van der Waals surface area contributed by atoms with Crippen LogP contribution in [0.3, 0.4) is 0 Å². The van der Waals surface area contributed by atoms with Crippen LogP contribution < -0.4 is 5.73 Å². The largest absolute Gasteiger partial charge is 0.398 e. The first-order valence-electron chi connectivity index (χ1n) is 5.77. The molecule has 2 N–H and O–H groups in total. The molecule has 0 heterocycles. The molecule has 0 amide bonds. The molecule has 2 aromatic carbocycles. The van der Waals surface area contributed by atoms with E-state index in [2.05, 4.69) is 31.9 Å². The fraction of sp³-hybridized carbons (Fsp3) is 0.133. The molecule has 0 bridgehead atoms. The van der Waals surface area contributed by atoms with Crippen molar-refractivity contribution >= 4 is 43.3 Å². The Kier molecular flexibility index (Phi) is 4.11. The van der Waals surface area contributed by atoms with Gasteiger partial charge >= 0.3 is 0 Å². The molecular formula is C15H13Br2NO. The van der Waals surface area contributed by atoms with Crippen LogP contribution in [0.5, 0.6) is 0 Å². The van der Waals surface area contributed by atoms with Gasteiger partial charge in [0.1, 0.15) is 0 Å². The van der Waals surface area contributed by atoms with Gasteiger partial charge in [-0.1, -0.05) is 44.0 Å². The number of rotatable bonds is 2. The lowest BCUT2D eigenvalue weighted by molar-refractivity contribution is 0.103. The lowest BCUT2D eigenvalue weighted by Crippen LogP contribution is -2.08. The Bertz CT molecular complexity index is 645. The van der Waals surface area contributed by atoms with E-state index in [0.29, 0.717) is 16.8 Å². The zero-order valence-corrected chi connectivity index (χ0v) is 13.8. The maximum Gasteiger partial charge on any atom is 0.196 e. The second-order valence-electron chi connectivity index (χ2n) is 4.45. The minimum Gasteiger partial charge on any atom is -0.398 e. The summed E-state index contributed by atoms with van der Waals surface area (Å²) in [6.45, 7) is 3.87. The zero-order chi connectivity index (χ0) is 14.2. The molecule has 2 aromatic rings. The highest BCUT2D eigenvalue weighted by atomic mass is 79.9. The van der Waals surface area contributed by atoms with Crippen molar-refractivity contribution in [3.05, 3.63) is 61.5 Å². The summed E-state index contributed by atoms with van der Waals surface area (Å²) < 4.78 is 1.69. The predicted octanol–water partition coefficient (Wildman–Crippen LogP) is 4.64. The molecule has 0 aliphatic rings. The van der Waals surface area contributed by atoms with Gasteiger partial charge in [0.2, 0.25) is 0 Å². The van der Waals surface area contributed by atoms with E-state index in [0.717, 1.165) is 20.1 Å². The Morgan fingerprint density at radius 2 is 1.74 bits per heavy atom. The van der Waals surface area contributed by atoms with Gasteiger partial charge in [-0.2, -0.15) is 0 Å². The number of hydrogen-bond acceptors (Lipinski definition) is 2. The summed E-state index contributed by atoms with van der Waals surface area (Å²) in [5.74, 6) is -0.0665. The van der Waals surface area contributed by atoms with Gasteiger partial charge in [0.05, 0.1) is 0 Å². The number of carbonyl (C=O) groups excluding carboxylic acids is 1. The van der Waals surface area contributed by atoms with Crippen LogP contribution in [0.4, 0.5) is 5.69 Å². The van der Waals surface area contributed by atoms with Gasteiger partial charge in [-0.3, -0.25) is 4.79 Å². The first-order chi connectivity index (χ1) is 8.91. The molecule has 2 nitrogen and oxygen atoms in total.